The van der Waals surface area contributed by atoms with Gasteiger partial charge in [0.15, 0.2) is 0 Å². The van der Waals surface area contributed by atoms with Crippen molar-refractivity contribution in [3.8, 4) is 0 Å². The van der Waals surface area contributed by atoms with Gasteiger partial charge in [0, 0.05) is 39.1 Å². The number of carbonyl (C=O) groups is 1. The minimum atomic E-state index is -0.144. The first-order chi connectivity index (χ1) is 10.2. The van der Waals surface area contributed by atoms with E-state index in [1.165, 1.54) is 44.9 Å². The molecule has 2 saturated carbocycles. The molecule has 2 aliphatic carbocycles. The number of aliphatic hydroxyl groups excluding tert-OH is 1. The fourth-order valence-corrected chi connectivity index (χ4v) is 3.84. The maximum Gasteiger partial charge on any atom is 0.222 e. The van der Waals surface area contributed by atoms with Crippen molar-refractivity contribution in [2.24, 2.45) is 11.8 Å². The van der Waals surface area contributed by atoms with E-state index in [0.29, 0.717) is 17.7 Å². The number of amides is 1. The summed E-state index contributed by atoms with van der Waals surface area (Å²) in [5.41, 5.74) is 0. The molecule has 1 unspecified atom stereocenters. The zero-order valence-corrected chi connectivity index (χ0v) is 14.4. The van der Waals surface area contributed by atoms with Crippen molar-refractivity contribution in [3.63, 3.8) is 0 Å². The normalized spacial score (nSPS) is 25.6. The lowest BCUT2D eigenvalue weighted by Gasteiger charge is -2.36. The molecule has 5 heteroatoms. The highest BCUT2D eigenvalue weighted by atomic mass is 35.5. The van der Waals surface area contributed by atoms with Gasteiger partial charge in [-0.05, 0) is 37.5 Å². The third-order valence-electron chi connectivity index (χ3n) is 5.52. The molecule has 1 N–H and O–H groups in total. The number of hydrogen-bond acceptors (Lipinski definition) is 3. The SMILES string of the molecule is Cl.O=C(CC1CCCCC1)N1CCN(CC(O)C2CC2)CC1. The van der Waals surface area contributed by atoms with Crippen LogP contribution in [0.4, 0.5) is 0 Å². The summed E-state index contributed by atoms with van der Waals surface area (Å²) in [5.74, 6) is 1.56. The van der Waals surface area contributed by atoms with E-state index in [1.807, 2.05) is 0 Å². The smallest absolute Gasteiger partial charge is 0.222 e. The Kier molecular flexibility index (Phi) is 6.97. The molecule has 0 aromatic rings. The number of nitrogens with zero attached hydrogens (tertiary/aromatic N) is 2. The summed E-state index contributed by atoms with van der Waals surface area (Å²) >= 11 is 0. The maximum absolute atomic E-state index is 12.4. The van der Waals surface area contributed by atoms with Crippen LogP contribution in [0.2, 0.25) is 0 Å². The quantitative estimate of drug-likeness (QED) is 0.841. The predicted octanol–water partition coefficient (Wildman–Crippen LogP) is 2.29. The second-order valence-corrected chi connectivity index (χ2v) is 7.29. The van der Waals surface area contributed by atoms with Gasteiger partial charge in [-0.2, -0.15) is 0 Å². The van der Waals surface area contributed by atoms with Crippen LogP contribution >= 0.6 is 12.4 Å². The Bertz CT molecular complexity index is 349. The molecule has 4 nitrogen and oxygen atoms in total. The van der Waals surface area contributed by atoms with Gasteiger partial charge in [-0.3, -0.25) is 9.69 Å². The molecule has 3 fully saturated rings. The average molecular weight is 331 g/mol. The molecule has 1 heterocycles. The van der Waals surface area contributed by atoms with E-state index in [1.54, 1.807) is 0 Å². The first kappa shape index (κ1) is 18.0. The minimum Gasteiger partial charge on any atom is -0.392 e. The van der Waals surface area contributed by atoms with Gasteiger partial charge in [0.2, 0.25) is 5.91 Å². The first-order valence-corrected chi connectivity index (χ1v) is 8.90. The third-order valence-corrected chi connectivity index (χ3v) is 5.52. The number of hydrogen-bond donors (Lipinski definition) is 1. The number of piperazine rings is 1. The van der Waals surface area contributed by atoms with Crippen LogP contribution in [0.25, 0.3) is 0 Å². The van der Waals surface area contributed by atoms with Crippen molar-refractivity contribution in [3.05, 3.63) is 0 Å². The largest absolute Gasteiger partial charge is 0.392 e. The lowest BCUT2D eigenvalue weighted by atomic mass is 9.86. The molecule has 0 aromatic carbocycles. The average Bonchev–Trinajstić information content (AvgIpc) is 3.33. The van der Waals surface area contributed by atoms with E-state index < -0.39 is 0 Å². The summed E-state index contributed by atoms with van der Waals surface area (Å²) in [5, 5.41) is 10.0. The maximum atomic E-state index is 12.4. The standard InChI is InChI=1S/C17H30N2O2.ClH/c20-16(15-6-7-15)13-18-8-10-19(11-9-18)17(21)12-14-4-2-1-3-5-14;/h14-16,20H,1-13H2;1H. The Hall–Kier alpha value is -0.320. The third kappa shape index (κ3) is 5.10. The van der Waals surface area contributed by atoms with Crippen LogP contribution < -0.4 is 0 Å². The van der Waals surface area contributed by atoms with Crippen LogP contribution in [-0.4, -0.2) is 59.6 Å². The van der Waals surface area contributed by atoms with E-state index in [0.717, 1.165) is 39.1 Å². The van der Waals surface area contributed by atoms with Crippen LogP contribution in [0.1, 0.15) is 51.4 Å². The lowest BCUT2D eigenvalue weighted by molar-refractivity contribution is -0.134. The fourth-order valence-electron chi connectivity index (χ4n) is 3.84. The van der Waals surface area contributed by atoms with Gasteiger partial charge in [0.1, 0.15) is 0 Å². The number of halogens is 1. The Labute approximate surface area is 140 Å². The lowest BCUT2D eigenvalue weighted by Crippen LogP contribution is -2.50. The molecule has 1 saturated heterocycles. The van der Waals surface area contributed by atoms with Crippen LogP contribution in [-0.2, 0) is 4.79 Å². The minimum absolute atomic E-state index is 0. The molecule has 3 rings (SSSR count). The molecule has 1 aliphatic heterocycles. The van der Waals surface area contributed by atoms with Crippen molar-refractivity contribution in [1.82, 2.24) is 9.80 Å². The van der Waals surface area contributed by atoms with Crippen molar-refractivity contribution in [2.45, 2.75) is 57.5 Å². The summed E-state index contributed by atoms with van der Waals surface area (Å²) in [7, 11) is 0. The van der Waals surface area contributed by atoms with E-state index in [4.69, 9.17) is 0 Å². The summed E-state index contributed by atoms with van der Waals surface area (Å²) < 4.78 is 0. The van der Waals surface area contributed by atoms with Crippen molar-refractivity contribution >= 4 is 18.3 Å². The first-order valence-electron chi connectivity index (χ1n) is 8.90. The molecule has 0 bridgehead atoms. The van der Waals surface area contributed by atoms with Gasteiger partial charge in [-0.25, -0.2) is 0 Å². The van der Waals surface area contributed by atoms with Crippen LogP contribution in [0, 0.1) is 11.8 Å². The molecule has 0 radical (unpaired) electrons. The van der Waals surface area contributed by atoms with Gasteiger partial charge < -0.3 is 10.0 Å². The number of carbonyl (C=O) groups excluding carboxylic acids is 1. The van der Waals surface area contributed by atoms with E-state index >= 15 is 0 Å². The fraction of sp³-hybridized carbons (Fsp3) is 0.941. The molecule has 1 atom stereocenters. The van der Waals surface area contributed by atoms with Gasteiger partial charge >= 0.3 is 0 Å². The Morgan fingerprint density at radius 1 is 1.00 bits per heavy atom. The van der Waals surface area contributed by atoms with Gasteiger partial charge in [0.05, 0.1) is 6.10 Å². The molecular weight excluding hydrogens is 300 g/mol. The molecule has 3 aliphatic rings. The van der Waals surface area contributed by atoms with E-state index in [-0.39, 0.29) is 18.5 Å². The zero-order valence-electron chi connectivity index (χ0n) is 13.6. The van der Waals surface area contributed by atoms with E-state index in [2.05, 4.69) is 9.80 Å². The second-order valence-electron chi connectivity index (χ2n) is 7.29. The van der Waals surface area contributed by atoms with Crippen molar-refractivity contribution in [2.75, 3.05) is 32.7 Å². The Morgan fingerprint density at radius 2 is 1.64 bits per heavy atom. The second kappa shape index (κ2) is 8.51. The van der Waals surface area contributed by atoms with Crippen molar-refractivity contribution in [1.29, 1.82) is 0 Å². The summed E-state index contributed by atoms with van der Waals surface area (Å²) in [6.45, 7) is 4.36. The zero-order chi connectivity index (χ0) is 14.7. The Balaban J connectivity index is 0.00000176. The summed E-state index contributed by atoms with van der Waals surface area (Å²) in [6.07, 6.45) is 9.49. The number of β-amino-alcohol motifs (C(OH)–C–C–N with tert-alkyl or cyclic N) is 1. The number of aliphatic hydroxyl groups is 1. The van der Waals surface area contributed by atoms with Crippen LogP contribution in [0.5, 0.6) is 0 Å². The highest BCUT2D eigenvalue weighted by molar-refractivity contribution is 5.85. The highest BCUT2D eigenvalue weighted by Gasteiger charge is 2.32. The predicted molar refractivity (Wildman–Crippen MR) is 90.2 cm³/mol. The molecular formula is C17H31ClN2O2. The number of rotatable bonds is 5. The molecule has 22 heavy (non-hydrogen) atoms. The molecule has 1 amide bonds. The highest BCUT2D eigenvalue weighted by Crippen LogP contribution is 2.33. The van der Waals surface area contributed by atoms with E-state index in [9.17, 15) is 9.90 Å². The van der Waals surface area contributed by atoms with Crippen molar-refractivity contribution < 1.29 is 9.90 Å². The Morgan fingerprint density at radius 3 is 2.23 bits per heavy atom. The van der Waals surface area contributed by atoms with Gasteiger partial charge in [-0.1, -0.05) is 19.3 Å². The van der Waals surface area contributed by atoms with Gasteiger partial charge in [0.25, 0.3) is 0 Å². The van der Waals surface area contributed by atoms with Crippen LogP contribution in [0.3, 0.4) is 0 Å². The van der Waals surface area contributed by atoms with Crippen LogP contribution in [0.15, 0.2) is 0 Å². The topological polar surface area (TPSA) is 43.8 Å². The molecule has 128 valence electrons. The monoisotopic (exact) mass is 330 g/mol. The van der Waals surface area contributed by atoms with Gasteiger partial charge in [-0.15, -0.1) is 12.4 Å². The molecule has 0 aromatic heterocycles. The summed E-state index contributed by atoms with van der Waals surface area (Å²) in [6, 6.07) is 0. The summed E-state index contributed by atoms with van der Waals surface area (Å²) in [4.78, 5) is 16.7. The molecule has 0 spiro atoms.